The number of nitrogens with zero attached hydrogens (tertiary/aromatic N) is 2. The van der Waals surface area contributed by atoms with Crippen LogP contribution in [0.2, 0.25) is 0 Å². The summed E-state index contributed by atoms with van der Waals surface area (Å²) >= 11 is 0. The quantitative estimate of drug-likeness (QED) is 0.746. The highest BCUT2D eigenvalue weighted by Gasteiger charge is 2.15. The Morgan fingerprint density at radius 1 is 0.741 bits per heavy atom. The summed E-state index contributed by atoms with van der Waals surface area (Å²) in [5, 5.41) is 5.71. The van der Waals surface area contributed by atoms with Gasteiger partial charge in [0.2, 0.25) is 11.8 Å². The van der Waals surface area contributed by atoms with Crippen molar-refractivity contribution in [2.45, 2.75) is 0 Å². The lowest BCUT2D eigenvalue weighted by Gasteiger charge is -2.27. The molecule has 0 unspecified atom stereocenters. The van der Waals surface area contributed by atoms with Crippen LogP contribution in [-0.2, 0) is 14.3 Å². The molecule has 0 aromatic heterocycles. The molecule has 0 saturated carbocycles. The smallest absolute Gasteiger partial charge is 0.250 e. The van der Waals surface area contributed by atoms with Crippen LogP contribution < -0.4 is 20.4 Å². The molecule has 7 heteroatoms. The molecule has 2 N–H and O–H groups in total. The Labute approximate surface area is 158 Å². The minimum atomic E-state index is -0.295. The minimum Gasteiger partial charge on any atom is -0.371 e. The Balaban J connectivity index is 1.88. The van der Waals surface area contributed by atoms with Crippen LogP contribution in [0.3, 0.4) is 0 Å². The van der Waals surface area contributed by atoms with Crippen LogP contribution in [0.25, 0.3) is 0 Å². The van der Waals surface area contributed by atoms with Gasteiger partial charge in [0.05, 0.1) is 22.7 Å². The maximum absolute atomic E-state index is 12.2. The first-order valence-corrected chi connectivity index (χ1v) is 8.82. The molecule has 7 nitrogen and oxygen atoms in total. The van der Waals surface area contributed by atoms with Gasteiger partial charge in [0, 0.05) is 27.2 Å². The zero-order chi connectivity index (χ0) is 19.2. The number of benzene rings is 2. The monoisotopic (exact) mass is 368 g/mol. The van der Waals surface area contributed by atoms with Crippen molar-refractivity contribution in [3.05, 3.63) is 48.5 Å². The summed E-state index contributed by atoms with van der Waals surface area (Å²) in [6.45, 7) is 1.10. The third-order valence-corrected chi connectivity index (χ3v) is 4.42. The Morgan fingerprint density at radius 3 is 1.59 bits per heavy atom. The first-order chi connectivity index (χ1) is 13.0. The largest absolute Gasteiger partial charge is 0.371 e. The molecule has 0 radical (unpaired) electrons. The number of carbonyl (C=O) groups is 2. The molecule has 142 valence electrons. The van der Waals surface area contributed by atoms with E-state index in [-0.39, 0.29) is 25.0 Å². The summed E-state index contributed by atoms with van der Waals surface area (Å²) in [4.78, 5) is 28.5. The third kappa shape index (κ3) is 4.77. The fourth-order valence-corrected chi connectivity index (χ4v) is 2.97. The molecule has 0 atom stereocenters. The lowest BCUT2D eigenvalue weighted by Crippen LogP contribution is -2.31. The van der Waals surface area contributed by atoms with Crippen LogP contribution in [0.5, 0.6) is 0 Å². The highest BCUT2D eigenvalue weighted by atomic mass is 16.5. The Morgan fingerprint density at radius 2 is 1.15 bits per heavy atom. The highest BCUT2D eigenvalue weighted by Crippen LogP contribution is 2.27. The van der Waals surface area contributed by atoms with Crippen molar-refractivity contribution in [2.75, 3.05) is 60.8 Å². The summed E-state index contributed by atoms with van der Waals surface area (Å²) in [6, 6.07) is 15.3. The molecule has 1 aliphatic heterocycles. The van der Waals surface area contributed by atoms with E-state index in [4.69, 9.17) is 4.74 Å². The topological polar surface area (TPSA) is 73.9 Å². The number of carbonyl (C=O) groups excluding carboxylic acids is 2. The second-order valence-electron chi connectivity index (χ2n) is 6.47. The van der Waals surface area contributed by atoms with Gasteiger partial charge in [0.1, 0.15) is 13.2 Å². The molecule has 27 heavy (non-hydrogen) atoms. The Hall–Kier alpha value is -3.06. The molecule has 0 aliphatic carbocycles. The van der Waals surface area contributed by atoms with Crippen molar-refractivity contribution in [1.82, 2.24) is 0 Å². The number of fused-ring (bicyclic) bond motifs is 2. The first kappa shape index (κ1) is 18.7. The van der Waals surface area contributed by atoms with Gasteiger partial charge < -0.3 is 25.2 Å². The third-order valence-electron chi connectivity index (χ3n) is 4.42. The SMILES string of the molecule is CN1CCN(C)c2ccccc2NC(=O)COCC(=O)Nc2ccccc21. The molecule has 0 bridgehead atoms. The molecule has 3 rings (SSSR count). The minimum absolute atomic E-state index is 0.187. The Kier molecular flexibility index (Phi) is 5.93. The van der Waals surface area contributed by atoms with E-state index in [0.717, 1.165) is 35.8 Å². The van der Waals surface area contributed by atoms with Crippen molar-refractivity contribution in [2.24, 2.45) is 0 Å². The number of anilines is 4. The average Bonchev–Trinajstić information content (AvgIpc) is 2.66. The van der Waals surface area contributed by atoms with E-state index in [1.165, 1.54) is 0 Å². The molecule has 1 heterocycles. The van der Waals surface area contributed by atoms with Crippen molar-refractivity contribution in [1.29, 1.82) is 0 Å². The number of amides is 2. The first-order valence-electron chi connectivity index (χ1n) is 8.82. The lowest BCUT2D eigenvalue weighted by molar-refractivity contribution is -0.125. The van der Waals surface area contributed by atoms with Gasteiger partial charge in [-0.1, -0.05) is 24.3 Å². The number of hydrogen-bond acceptors (Lipinski definition) is 5. The molecular formula is C20H24N4O3. The second-order valence-corrected chi connectivity index (χ2v) is 6.47. The zero-order valence-corrected chi connectivity index (χ0v) is 15.6. The van der Waals surface area contributed by atoms with Crippen LogP contribution in [0.1, 0.15) is 0 Å². The van der Waals surface area contributed by atoms with E-state index in [1.54, 1.807) is 0 Å². The molecule has 1 aliphatic rings. The molecular weight excluding hydrogens is 344 g/mol. The highest BCUT2D eigenvalue weighted by molar-refractivity contribution is 5.97. The lowest BCUT2D eigenvalue weighted by atomic mass is 10.2. The van der Waals surface area contributed by atoms with E-state index in [2.05, 4.69) is 20.4 Å². The van der Waals surface area contributed by atoms with Crippen molar-refractivity contribution >= 4 is 34.6 Å². The zero-order valence-electron chi connectivity index (χ0n) is 15.6. The van der Waals surface area contributed by atoms with Gasteiger partial charge in [-0.25, -0.2) is 0 Å². The van der Waals surface area contributed by atoms with E-state index < -0.39 is 0 Å². The van der Waals surface area contributed by atoms with Gasteiger partial charge >= 0.3 is 0 Å². The molecule has 2 aromatic rings. The van der Waals surface area contributed by atoms with Crippen LogP contribution in [0.4, 0.5) is 22.7 Å². The standard InChI is InChI=1S/C20H24N4O3/c1-23-11-12-24(2)18-10-6-4-8-16(18)22-20(26)14-27-13-19(25)21-15-7-3-5-9-17(15)23/h3-10H,11-14H2,1-2H3,(H,21,25)(H,22,26). The van der Waals surface area contributed by atoms with E-state index >= 15 is 0 Å². The van der Waals surface area contributed by atoms with Gasteiger partial charge in [0.15, 0.2) is 0 Å². The van der Waals surface area contributed by atoms with Gasteiger partial charge in [-0.05, 0) is 24.3 Å². The molecule has 0 spiro atoms. The maximum atomic E-state index is 12.2. The Bertz CT molecular complexity index is 757. The van der Waals surface area contributed by atoms with Gasteiger partial charge in [-0.2, -0.15) is 0 Å². The number of nitrogens with one attached hydrogen (secondary N) is 2. The predicted octanol–water partition coefficient (Wildman–Crippen LogP) is 2.17. The van der Waals surface area contributed by atoms with E-state index in [0.29, 0.717) is 0 Å². The van der Waals surface area contributed by atoms with Crippen LogP contribution >= 0.6 is 0 Å². The van der Waals surface area contributed by atoms with Gasteiger partial charge in [-0.15, -0.1) is 0 Å². The maximum Gasteiger partial charge on any atom is 0.250 e. The van der Waals surface area contributed by atoms with Crippen molar-refractivity contribution in [3.63, 3.8) is 0 Å². The number of likely N-dealkylation sites (N-methyl/N-ethyl adjacent to an activating group) is 2. The predicted molar refractivity (Wildman–Crippen MR) is 108 cm³/mol. The normalized spacial score (nSPS) is 16.4. The average molecular weight is 368 g/mol. The summed E-state index contributed by atoms with van der Waals surface area (Å²) in [5.41, 5.74) is 3.29. The van der Waals surface area contributed by atoms with E-state index in [9.17, 15) is 9.59 Å². The number of hydrogen-bond donors (Lipinski definition) is 2. The van der Waals surface area contributed by atoms with Gasteiger partial charge in [-0.3, -0.25) is 9.59 Å². The van der Waals surface area contributed by atoms with Crippen LogP contribution in [0.15, 0.2) is 48.5 Å². The van der Waals surface area contributed by atoms with E-state index in [1.807, 2.05) is 62.6 Å². The van der Waals surface area contributed by atoms with Crippen molar-refractivity contribution in [3.8, 4) is 0 Å². The molecule has 0 saturated heterocycles. The van der Waals surface area contributed by atoms with Crippen molar-refractivity contribution < 1.29 is 14.3 Å². The number of rotatable bonds is 0. The fourth-order valence-electron chi connectivity index (χ4n) is 2.97. The molecule has 0 fully saturated rings. The summed E-state index contributed by atoms with van der Waals surface area (Å²) in [6.07, 6.45) is 0. The second kappa shape index (κ2) is 8.55. The fraction of sp³-hybridized carbons (Fsp3) is 0.300. The summed E-state index contributed by atoms with van der Waals surface area (Å²) < 4.78 is 5.27. The summed E-state index contributed by atoms with van der Waals surface area (Å²) in [7, 11) is 3.97. The number of para-hydroxylation sites is 4. The van der Waals surface area contributed by atoms with Gasteiger partial charge in [0.25, 0.3) is 0 Å². The van der Waals surface area contributed by atoms with Crippen LogP contribution in [0, 0.1) is 0 Å². The molecule has 2 aromatic carbocycles. The number of ether oxygens (including phenoxy) is 1. The van der Waals surface area contributed by atoms with Crippen LogP contribution in [-0.4, -0.2) is 52.2 Å². The molecule has 2 amide bonds. The summed E-state index contributed by atoms with van der Waals surface area (Å²) in [5.74, 6) is -0.591.